The lowest BCUT2D eigenvalue weighted by Gasteiger charge is -2.28. The lowest BCUT2D eigenvalue weighted by molar-refractivity contribution is -0.133. The van der Waals surface area contributed by atoms with Crippen LogP contribution in [0.1, 0.15) is 24.8 Å². The average molecular weight is 345 g/mol. The number of nitrogens with zero attached hydrogens (tertiary/aromatic N) is 1. The summed E-state index contributed by atoms with van der Waals surface area (Å²) < 4.78 is 5.42. The Balaban J connectivity index is 0.00000176. The molecule has 0 radical (unpaired) electrons. The summed E-state index contributed by atoms with van der Waals surface area (Å²) in [5, 5.41) is 4.07. The van der Waals surface area contributed by atoms with E-state index < -0.39 is 0 Å². The van der Waals surface area contributed by atoms with E-state index in [0.717, 1.165) is 36.6 Å². The fourth-order valence-electron chi connectivity index (χ4n) is 2.67. The SMILES string of the molecule is Cl.O=C(CC1COCCN1)N(Cc1ccc(Cl)cc1)C1CC1. The zero-order valence-corrected chi connectivity index (χ0v) is 14.0. The Morgan fingerprint density at radius 1 is 1.32 bits per heavy atom. The Hall–Kier alpha value is -0.810. The average Bonchev–Trinajstić information content (AvgIpc) is 3.32. The van der Waals surface area contributed by atoms with E-state index in [1.165, 1.54) is 0 Å². The molecular weight excluding hydrogens is 323 g/mol. The molecule has 1 aromatic carbocycles. The second kappa shape index (κ2) is 8.16. The topological polar surface area (TPSA) is 41.6 Å². The van der Waals surface area contributed by atoms with Crippen LogP contribution in [0.2, 0.25) is 5.02 Å². The van der Waals surface area contributed by atoms with Crippen LogP contribution in [0.15, 0.2) is 24.3 Å². The van der Waals surface area contributed by atoms with Crippen molar-refractivity contribution >= 4 is 29.9 Å². The maximum Gasteiger partial charge on any atom is 0.224 e. The maximum atomic E-state index is 12.6. The van der Waals surface area contributed by atoms with Crippen molar-refractivity contribution in [2.24, 2.45) is 0 Å². The zero-order chi connectivity index (χ0) is 14.7. The molecule has 0 aromatic heterocycles. The van der Waals surface area contributed by atoms with Crippen LogP contribution >= 0.6 is 24.0 Å². The molecular formula is C16H22Cl2N2O2. The molecule has 1 unspecified atom stereocenters. The van der Waals surface area contributed by atoms with Gasteiger partial charge in [0.05, 0.1) is 13.2 Å². The number of nitrogens with one attached hydrogen (secondary N) is 1. The zero-order valence-electron chi connectivity index (χ0n) is 12.5. The Morgan fingerprint density at radius 3 is 2.64 bits per heavy atom. The van der Waals surface area contributed by atoms with Crippen LogP contribution in [0.25, 0.3) is 0 Å². The highest BCUT2D eigenvalue weighted by Crippen LogP contribution is 2.29. The smallest absolute Gasteiger partial charge is 0.224 e. The summed E-state index contributed by atoms with van der Waals surface area (Å²) in [4.78, 5) is 14.6. The van der Waals surface area contributed by atoms with E-state index in [2.05, 4.69) is 5.32 Å². The maximum absolute atomic E-state index is 12.6. The van der Waals surface area contributed by atoms with Crippen LogP contribution in [-0.4, -0.2) is 42.6 Å². The van der Waals surface area contributed by atoms with Gasteiger partial charge in [0.2, 0.25) is 5.91 Å². The molecule has 3 rings (SSSR count). The molecule has 122 valence electrons. The summed E-state index contributed by atoms with van der Waals surface area (Å²) in [6.45, 7) is 2.87. The summed E-state index contributed by atoms with van der Waals surface area (Å²) >= 11 is 5.91. The number of ether oxygens (including phenoxy) is 1. The highest BCUT2D eigenvalue weighted by Gasteiger charge is 2.33. The lowest BCUT2D eigenvalue weighted by atomic mass is 10.1. The minimum atomic E-state index is 0. The summed E-state index contributed by atoms with van der Waals surface area (Å²) in [5.74, 6) is 0.218. The molecule has 1 amide bonds. The van der Waals surface area contributed by atoms with Gasteiger partial charge in [-0.15, -0.1) is 12.4 Å². The van der Waals surface area contributed by atoms with Gasteiger partial charge >= 0.3 is 0 Å². The fourth-order valence-corrected chi connectivity index (χ4v) is 2.80. The quantitative estimate of drug-likeness (QED) is 0.892. The third-order valence-corrected chi connectivity index (χ3v) is 4.25. The highest BCUT2D eigenvalue weighted by atomic mass is 35.5. The van der Waals surface area contributed by atoms with Gasteiger partial charge < -0.3 is 15.0 Å². The number of morpholine rings is 1. The molecule has 4 nitrogen and oxygen atoms in total. The first-order chi connectivity index (χ1) is 10.2. The van der Waals surface area contributed by atoms with Crippen molar-refractivity contribution in [3.05, 3.63) is 34.9 Å². The molecule has 1 heterocycles. The first kappa shape index (κ1) is 17.5. The van der Waals surface area contributed by atoms with Crippen LogP contribution < -0.4 is 5.32 Å². The molecule has 2 fully saturated rings. The van der Waals surface area contributed by atoms with Crippen molar-refractivity contribution in [2.45, 2.75) is 37.9 Å². The Morgan fingerprint density at radius 2 is 2.05 bits per heavy atom. The molecule has 1 saturated heterocycles. The molecule has 1 atom stereocenters. The first-order valence-corrected chi connectivity index (χ1v) is 7.95. The largest absolute Gasteiger partial charge is 0.378 e. The van der Waals surface area contributed by atoms with E-state index in [9.17, 15) is 4.79 Å². The molecule has 22 heavy (non-hydrogen) atoms. The van der Waals surface area contributed by atoms with Gasteiger partial charge in [-0.25, -0.2) is 0 Å². The summed E-state index contributed by atoms with van der Waals surface area (Å²) in [7, 11) is 0. The summed E-state index contributed by atoms with van der Waals surface area (Å²) in [6.07, 6.45) is 2.76. The van der Waals surface area contributed by atoms with Gasteiger partial charge in [0, 0.05) is 36.6 Å². The van der Waals surface area contributed by atoms with Crippen molar-refractivity contribution < 1.29 is 9.53 Å². The summed E-state index contributed by atoms with van der Waals surface area (Å²) in [5.41, 5.74) is 1.13. The lowest BCUT2D eigenvalue weighted by Crippen LogP contribution is -2.45. The van der Waals surface area contributed by atoms with Crippen molar-refractivity contribution in [2.75, 3.05) is 19.8 Å². The minimum Gasteiger partial charge on any atom is -0.378 e. The van der Waals surface area contributed by atoms with Gasteiger partial charge in [-0.1, -0.05) is 23.7 Å². The van der Waals surface area contributed by atoms with Crippen molar-refractivity contribution in [3.63, 3.8) is 0 Å². The number of rotatable bonds is 5. The van der Waals surface area contributed by atoms with Crippen molar-refractivity contribution in [1.82, 2.24) is 10.2 Å². The number of hydrogen-bond donors (Lipinski definition) is 1. The highest BCUT2D eigenvalue weighted by molar-refractivity contribution is 6.30. The fraction of sp³-hybridized carbons (Fsp3) is 0.562. The number of carbonyl (C=O) groups is 1. The van der Waals surface area contributed by atoms with Gasteiger partial charge in [-0.3, -0.25) is 4.79 Å². The second-order valence-corrected chi connectivity index (χ2v) is 6.25. The second-order valence-electron chi connectivity index (χ2n) is 5.81. The van der Waals surface area contributed by atoms with E-state index in [4.69, 9.17) is 16.3 Å². The molecule has 1 saturated carbocycles. The van der Waals surface area contributed by atoms with Crippen LogP contribution in [0.4, 0.5) is 0 Å². The third-order valence-electron chi connectivity index (χ3n) is 3.99. The Bertz CT molecular complexity index is 485. The third kappa shape index (κ3) is 4.85. The van der Waals surface area contributed by atoms with E-state index in [1.54, 1.807) is 0 Å². The molecule has 1 aromatic rings. The molecule has 2 aliphatic rings. The van der Waals surface area contributed by atoms with Crippen LogP contribution in [0, 0.1) is 0 Å². The monoisotopic (exact) mass is 344 g/mol. The van der Waals surface area contributed by atoms with Gasteiger partial charge in [0.1, 0.15) is 0 Å². The molecule has 0 bridgehead atoms. The molecule has 1 aliphatic heterocycles. The van der Waals surface area contributed by atoms with Crippen LogP contribution in [0.5, 0.6) is 0 Å². The van der Waals surface area contributed by atoms with Gasteiger partial charge in [-0.2, -0.15) is 0 Å². The number of halogens is 2. The standard InChI is InChI=1S/C16H21ClN2O2.ClH/c17-13-3-1-12(2-4-13)10-19(15-5-6-15)16(20)9-14-11-21-8-7-18-14;/h1-4,14-15,18H,5-11H2;1H. The normalized spacial score (nSPS) is 21.0. The predicted octanol–water partition coefficient (Wildman–Crippen LogP) is 2.63. The summed E-state index contributed by atoms with van der Waals surface area (Å²) in [6, 6.07) is 8.31. The number of amides is 1. The molecule has 1 aliphatic carbocycles. The number of carbonyl (C=O) groups excluding carboxylic acids is 1. The minimum absolute atomic E-state index is 0. The van der Waals surface area contributed by atoms with E-state index in [1.807, 2.05) is 29.2 Å². The molecule has 6 heteroatoms. The van der Waals surface area contributed by atoms with E-state index >= 15 is 0 Å². The Kier molecular flexibility index (Phi) is 6.50. The molecule has 1 N–H and O–H groups in total. The number of hydrogen-bond acceptors (Lipinski definition) is 3. The van der Waals surface area contributed by atoms with Gasteiger partial charge in [0.25, 0.3) is 0 Å². The van der Waals surface area contributed by atoms with Crippen LogP contribution in [0.3, 0.4) is 0 Å². The predicted molar refractivity (Wildman–Crippen MR) is 89.5 cm³/mol. The van der Waals surface area contributed by atoms with E-state index in [-0.39, 0.29) is 24.4 Å². The van der Waals surface area contributed by atoms with Gasteiger partial charge in [-0.05, 0) is 30.5 Å². The first-order valence-electron chi connectivity index (χ1n) is 7.57. The van der Waals surface area contributed by atoms with Crippen molar-refractivity contribution in [3.8, 4) is 0 Å². The molecule has 0 spiro atoms. The van der Waals surface area contributed by atoms with Crippen LogP contribution in [-0.2, 0) is 16.1 Å². The van der Waals surface area contributed by atoms with E-state index in [0.29, 0.717) is 25.6 Å². The number of benzene rings is 1. The van der Waals surface area contributed by atoms with Crippen molar-refractivity contribution in [1.29, 1.82) is 0 Å². The Labute approximate surface area is 142 Å². The van der Waals surface area contributed by atoms with Gasteiger partial charge in [0.15, 0.2) is 0 Å².